The van der Waals surface area contributed by atoms with Crippen molar-refractivity contribution in [2.75, 3.05) is 19.6 Å². The molecule has 5 nitrogen and oxygen atoms in total. The maximum atomic E-state index is 13.5. The molecule has 1 amide bonds. The number of carbonyl (C=O) groups is 1. The lowest BCUT2D eigenvalue weighted by atomic mass is 9.94. The maximum absolute atomic E-state index is 13.5. The minimum absolute atomic E-state index is 0.0444. The molecule has 3 unspecified atom stereocenters. The van der Waals surface area contributed by atoms with E-state index in [1.54, 1.807) is 0 Å². The van der Waals surface area contributed by atoms with Crippen molar-refractivity contribution in [1.29, 1.82) is 0 Å². The molecule has 3 atom stereocenters. The van der Waals surface area contributed by atoms with Crippen LogP contribution in [0, 0.1) is 5.92 Å². The number of aliphatic hydroxyl groups excluding tert-OH is 1. The van der Waals surface area contributed by atoms with Crippen molar-refractivity contribution >= 4 is 5.91 Å². The molecule has 0 radical (unpaired) electrons. The number of rotatable bonds is 15. The molecule has 5 heteroatoms. The largest absolute Gasteiger partial charge is 0.390 e. The summed E-state index contributed by atoms with van der Waals surface area (Å²) < 4.78 is 0. The van der Waals surface area contributed by atoms with Crippen molar-refractivity contribution in [3.63, 3.8) is 0 Å². The van der Waals surface area contributed by atoms with Gasteiger partial charge in [-0.1, -0.05) is 91.0 Å². The van der Waals surface area contributed by atoms with E-state index in [0.717, 1.165) is 63.5 Å². The molecule has 0 bridgehead atoms. The second kappa shape index (κ2) is 16.3. The van der Waals surface area contributed by atoms with Crippen molar-refractivity contribution in [2.24, 2.45) is 11.7 Å². The first-order chi connectivity index (χ1) is 19.6. The van der Waals surface area contributed by atoms with Gasteiger partial charge >= 0.3 is 0 Å². The molecule has 40 heavy (non-hydrogen) atoms. The number of hydrogen-bond donors (Lipinski definition) is 3. The van der Waals surface area contributed by atoms with Crippen LogP contribution in [0.5, 0.6) is 0 Å². The number of nitrogens with one attached hydrogen (secondary N) is 1. The van der Waals surface area contributed by atoms with Gasteiger partial charge in [0.2, 0.25) is 5.91 Å². The normalized spacial score (nSPS) is 17.4. The Kier molecular flexibility index (Phi) is 12.2. The Morgan fingerprint density at radius 3 is 1.93 bits per heavy atom. The Hall–Kier alpha value is -2.99. The van der Waals surface area contributed by atoms with Crippen LogP contribution in [0.25, 0.3) is 0 Å². The highest BCUT2D eigenvalue weighted by Gasteiger charge is 2.29. The molecular formula is C35H47N3O2. The van der Waals surface area contributed by atoms with Gasteiger partial charge in [0.05, 0.1) is 12.0 Å². The molecule has 4 N–H and O–H groups in total. The minimum atomic E-state index is -0.620. The lowest BCUT2D eigenvalue weighted by molar-refractivity contribution is -0.127. The van der Waals surface area contributed by atoms with Crippen LogP contribution >= 0.6 is 0 Å². The summed E-state index contributed by atoms with van der Waals surface area (Å²) in [6, 6.07) is 31.1. The quantitative estimate of drug-likeness (QED) is 0.248. The van der Waals surface area contributed by atoms with Crippen molar-refractivity contribution in [3.05, 3.63) is 108 Å². The van der Waals surface area contributed by atoms with Gasteiger partial charge in [-0.15, -0.1) is 0 Å². The van der Waals surface area contributed by atoms with Gasteiger partial charge in [-0.2, -0.15) is 0 Å². The molecule has 1 fully saturated rings. The molecule has 214 valence electrons. The molecule has 0 spiro atoms. The second-order valence-corrected chi connectivity index (χ2v) is 11.5. The van der Waals surface area contributed by atoms with Crippen molar-refractivity contribution in [2.45, 2.75) is 76.0 Å². The Morgan fingerprint density at radius 2 is 1.38 bits per heavy atom. The van der Waals surface area contributed by atoms with Gasteiger partial charge in [0.15, 0.2) is 0 Å². The highest BCUT2D eigenvalue weighted by atomic mass is 16.3. The number of nitrogens with two attached hydrogens (primary N) is 1. The zero-order chi connectivity index (χ0) is 28.0. The summed E-state index contributed by atoms with van der Waals surface area (Å²) in [5.41, 5.74) is 10.2. The lowest BCUT2D eigenvalue weighted by Crippen LogP contribution is -2.50. The molecule has 0 aliphatic carbocycles. The van der Waals surface area contributed by atoms with Gasteiger partial charge in [-0.25, -0.2) is 0 Å². The fraction of sp³-hybridized carbons (Fsp3) is 0.457. The van der Waals surface area contributed by atoms with Crippen LogP contribution < -0.4 is 11.1 Å². The molecule has 3 aromatic rings. The number of aliphatic hydroxyl groups is 1. The zero-order valence-corrected chi connectivity index (χ0v) is 23.8. The van der Waals surface area contributed by atoms with Crippen LogP contribution in [0.1, 0.15) is 55.2 Å². The Labute approximate surface area is 240 Å². The summed E-state index contributed by atoms with van der Waals surface area (Å²) in [5, 5.41) is 14.3. The Morgan fingerprint density at radius 1 is 0.850 bits per heavy atom. The maximum Gasteiger partial charge on any atom is 0.224 e. The van der Waals surface area contributed by atoms with Crippen LogP contribution in [0.15, 0.2) is 91.0 Å². The van der Waals surface area contributed by atoms with E-state index in [0.29, 0.717) is 19.5 Å². The highest BCUT2D eigenvalue weighted by Crippen LogP contribution is 2.20. The number of β-amino-alcohol motifs (C(OH)–C–C–N with tert-alkyl or cyclic N) is 1. The summed E-state index contributed by atoms with van der Waals surface area (Å²) in [7, 11) is 0. The molecule has 0 saturated carbocycles. The third kappa shape index (κ3) is 10.2. The summed E-state index contributed by atoms with van der Waals surface area (Å²) in [6.07, 6.45) is 8.04. The average molecular weight is 542 g/mol. The molecule has 1 aliphatic heterocycles. The molecule has 1 saturated heterocycles. The number of amides is 1. The molecular weight excluding hydrogens is 494 g/mol. The van der Waals surface area contributed by atoms with Crippen LogP contribution in [0.3, 0.4) is 0 Å². The number of aryl methyl sites for hydroxylation is 2. The average Bonchev–Trinajstić information content (AvgIpc) is 2.98. The molecule has 1 heterocycles. The number of hydrogen-bond acceptors (Lipinski definition) is 4. The van der Waals surface area contributed by atoms with E-state index in [4.69, 9.17) is 5.73 Å². The van der Waals surface area contributed by atoms with Gasteiger partial charge in [0.25, 0.3) is 0 Å². The van der Waals surface area contributed by atoms with E-state index in [9.17, 15) is 9.90 Å². The first kappa shape index (κ1) is 30.0. The summed E-state index contributed by atoms with van der Waals surface area (Å²) >= 11 is 0. The zero-order valence-electron chi connectivity index (χ0n) is 23.8. The first-order valence-electron chi connectivity index (χ1n) is 15.1. The molecule has 1 aliphatic rings. The van der Waals surface area contributed by atoms with Crippen molar-refractivity contribution in [1.82, 2.24) is 10.2 Å². The SMILES string of the molecule is NC(Cc1ccccc1)C(O)CN1CCCC(C(=O)NC(CCCc2ccccc2)CCCc2ccccc2)C1. The van der Waals surface area contributed by atoms with E-state index >= 15 is 0 Å². The second-order valence-electron chi connectivity index (χ2n) is 11.5. The fourth-order valence-corrected chi connectivity index (χ4v) is 5.86. The molecule has 0 aromatic heterocycles. The van der Waals surface area contributed by atoms with Gasteiger partial charge in [-0.05, 0) is 81.0 Å². The lowest BCUT2D eigenvalue weighted by Gasteiger charge is -2.35. The van der Waals surface area contributed by atoms with Crippen molar-refractivity contribution < 1.29 is 9.90 Å². The monoisotopic (exact) mass is 541 g/mol. The van der Waals surface area contributed by atoms with E-state index in [1.807, 2.05) is 30.3 Å². The molecule has 3 aromatic carbocycles. The third-order valence-corrected chi connectivity index (χ3v) is 8.20. The van der Waals surface area contributed by atoms with E-state index < -0.39 is 6.10 Å². The van der Waals surface area contributed by atoms with Gasteiger partial charge < -0.3 is 16.2 Å². The summed E-state index contributed by atoms with van der Waals surface area (Å²) in [6.45, 7) is 2.09. The van der Waals surface area contributed by atoms with Crippen molar-refractivity contribution in [3.8, 4) is 0 Å². The van der Waals surface area contributed by atoms with Crippen LogP contribution in [-0.4, -0.2) is 53.7 Å². The predicted molar refractivity (Wildman–Crippen MR) is 164 cm³/mol. The fourth-order valence-electron chi connectivity index (χ4n) is 5.86. The first-order valence-corrected chi connectivity index (χ1v) is 15.1. The molecule has 4 rings (SSSR count). The summed E-state index contributed by atoms with van der Waals surface area (Å²) in [5.74, 6) is 0.120. The minimum Gasteiger partial charge on any atom is -0.390 e. The van der Waals surface area contributed by atoms with Gasteiger partial charge in [0, 0.05) is 25.2 Å². The number of likely N-dealkylation sites (tertiary alicyclic amines) is 1. The smallest absolute Gasteiger partial charge is 0.224 e. The third-order valence-electron chi connectivity index (χ3n) is 8.20. The van der Waals surface area contributed by atoms with E-state index in [-0.39, 0.29) is 23.9 Å². The Bertz CT molecular complexity index is 1060. The Balaban J connectivity index is 1.27. The number of carbonyl (C=O) groups excluding carboxylic acids is 1. The standard InChI is InChI=1S/C35H47N3O2/c36-33(25-30-17-8-3-9-18-30)34(39)27-38-24-12-21-31(26-38)35(40)37-32(22-10-19-28-13-4-1-5-14-28)23-11-20-29-15-6-2-7-16-29/h1-9,13-18,31-34,39H,10-12,19-27,36H2,(H,37,40). The van der Waals surface area contributed by atoms with Crippen LogP contribution in [0.4, 0.5) is 0 Å². The highest BCUT2D eigenvalue weighted by molar-refractivity contribution is 5.79. The topological polar surface area (TPSA) is 78.6 Å². The number of nitrogens with zero attached hydrogens (tertiary/aromatic N) is 1. The number of piperidine rings is 1. The predicted octanol–water partition coefficient (Wildman–Crippen LogP) is 5.16. The summed E-state index contributed by atoms with van der Waals surface area (Å²) in [4.78, 5) is 15.7. The van der Waals surface area contributed by atoms with E-state index in [1.165, 1.54) is 11.1 Å². The van der Waals surface area contributed by atoms with Crippen LogP contribution in [-0.2, 0) is 24.1 Å². The van der Waals surface area contributed by atoms with Crippen LogP contribution in [0.2, 0.25) is 0 Å². The van der Waals surface area contributed by atoms with Gasteiger partial charge in [0.1, 0.15) is 0 Å². The van der Waals surface area contributed by atoms with Gasteiger partial charge in [-0.3, -0.25) is 9.69 Å². The van der Waals surface area contributed by atoms with E-state index in [2.05, 4.69) is 70.9 Å². The number of benzene rings is 3.